The summed E-state index contributed by atoms with van der Waals surface area (Å²) in [7, 11) is -3.94. The molecule has 0 radical (unpaired) electrons. The molecule has 2 heterocycles. The summed E-state index contributed by atoms with van der Waals surface area (Å²) < 4.78 is 27.5. The number of carbonyl (C=O) groups is 4. The third-order valence-electron chi connectivity index (χ3n) is 8.19. The number of Topliss-reactive ketones (excluding diaryl/α,β-unsaturated/α-hetero) is 1. The zero-order chi connectivity index (χ0) is 36.4. The molecule has 51 heavy (non-hydrogen) atoms. The number of nitrogens with zero attached hydrogens (tertiary/aromatic N) is 3. The van der Waals surface area contributed by atoms with Crippen molar-refractivity contribution in [2.24, 2.45) is 10.7 Å². The van der Waals surface area contributed by atoms with E-state index in [1.807, 2.05) is 49.4 Å². The van der Waals surface area contributed by atoms with E-state index in [0.717, 1.165) is 28.0 Å². The lowest BCUT2D eigenvalue weighted by atomic mass is 10.1. The van der Waals surface area contributed by atoms with E-state index in [4.69, 9.17) is 5.73 Å². The molecule has 0 aliphatic carbocycles. The van der Waals surface area contributed by atoms with Gasteiger partial charge in [0.1, 0.15) is 12.6 Å². The number of guanidine groups is 1. The Morgan fingerprint density at radius 3 is 2.47 bits per heavy atom. The third-order valence-corrected chi connectivity index (χ3v) is 10.3. The van der Waals surface area contributed by atoms with Crippen molar-refractivity contribution in [3.05, 3.63) is 112 Å². The molecule has 0 fully saturated rings. The molecule has 0 bridgehead atoms. The predicted molar refractivity (Wildman–Crippen MR) is 195 cm³/mol. The highest BCUT2D eigenvalue weighted by atomic mass is 32.2. The second-order valence-electron chi connectivity index (χ2n) is 12.0. The molecule has 0 saturated heterocycles. The maximum absolute atomic E-state index is 13.9. The first-order valence-corrected chi connectivity index (χ1v) is 18.7. The number of hydrogen-bond acceptors (Lipinski definition) is 9. The molecule has 266 valence electrons. The Morgan fingerprint density at radius 2 is 1.75 bits per heavy atom. The monoisotopic (exact) mass is 729 g/mol. The van der Waals surface area contributed by atoms with Gasteiger partial charge in [0, 0.05) is 23.8 Å². The van der Waals surface area contributed by atoms with E-state index in [2.05, 4.69) is 25.3 Å². The Hall–Kier alpha value is -5.41. The number of para-hydroxylation sites is 1. The highest BCUT2D eigenvalue weighted by Gasteiger charge is 2.33. The highest BCUT2D eigenvalue weighted by Crippen LogP contribution is 2.27. The highest BCUT2D eigenvalue weighted by molar-refractivity contribution is 7.90. The number of nitrogens with one attached hydrogen (secondary N) is 3. The van der Waals surface area contributed by atoms with Crippen LogP contribution in [0.2, 0.25) is 0 Å². The summed E-state index contributed by atoms with van der Waals surface area (Å²) >= 11 is 1.13. The summed E-state index contributed by atoms with van der Waals surface area (Å²) in [6.07, 6.45) is 2.84. The van der Waals surface area contributed by atoms with E-state index in [1.54, 1.807) is 29.6 Å². The van der Waals surface area contributed by atoms with Crippen LogP contribution in [0.1, 0.15) is 45.8 Å². The first-order valence-electron chi connectivity index (χ1n) is 16.3. The Balaban J connectivity index is 1.25. The average molecular weight is 730 g/mol. The molecular formula is C36H39N7O6S2. The van der Waals surface area contributed by atoms with Gasteiger partial charge in [-0.2, -0.15) is 0 Å². The molecule has 0 spiro atoms. The fraction of sp³-hybridized carbons (Fsp3) is 0.278. The van der Waals surface area contributed by atoms with Crippen molar-refractivity contribution >= 4 is 56.5 Å². The van der Waals surface area contributed by atoms with Crippen molar-refractivity contribution < 1.29 is 27.6 Å². The summed E-state index contributed by atoms with van der Waals surface area (Å²) in [5.74, 6) is -2.05. The first kappa shape index (κ1) is 36.9. The lowest BCUT2D eigenvalue weighted by molar-refractivity contribution is -0.128. The number of fused-ring (bicyclic) bond motifs is 1. The number of anilines is 1. The number of hydrogen-bond donors (Lipinski definition) is 4. The number of carbonyl (C=O) groups excluding carboxylic acids is 4. The molecule has 5 rings (SSSR count). The van der Waals surface area contributed by atoms with Gasteiger partial charge in [-0.05, 0) is 61.9 Å². The van der Waals surface area contributed by atoms with Crippen molar-refractivity contribution in [3.8, 4) is 0 Å². The topological polar surface area (TPSA) is 193 Å². The van der Waals surface area contributed by atoms with Crippen LogP contribution >= 0.6 is 11.3 Å². The number of aryl methyl sites for hydroxylation is 2. The van der Waals surface area contributed by atoms with Crippen molar-refractivity contribution in [2.75, 3.05) is 18.0 Å². The Morgan fingerprint density at radius 1 is 1.02 bits per heavy atom. The second kappa shape index (κ2) is 17.0. The van der Waals surface area contributed by atoms with E-state index in [0.29, 0.717) is 18.5 Å². The van der Waals surface area contributed by atoms with Gasteiger partial charge >= 0.3 is 0 Å². The number of thiazole rings is 1. The van der Waals surface area contributed by atoms with Crippen LogP contribution in [0.3, 0.4) is 0 Å². The molecule has 4 aromatic rings. The molecule has 1 unspecified atom stereocenters. The molecule has 1 aliphatic rings. The molecule has 3 amide bonds. The lowest BCUT2D eigenvalue weighted by Crippen LogP contribution is -2.52. The number of ketones is 1. The summed E-state index contributed by atoms with van der Waals surface area (Å²) in [6, 6.07) is 20.8. The molecule has 2 atom stereocenters. The smallest absolute Gasteiger partial charge is 0.264 e. The number of nitrogens with two attached hydrogens (primary N) is 1. The molecule has 15 heteroatoms. The molecule has 1 aliphatic heterocycles. The normalized spacial score (nSPS) is 15.3. The Kier molecular flexibility index (Phi) is 12.3. The van der Waals surface area contributed by atoms with Gasteiger partial charge in [0.2, 0.25) is 29.5 Å². The molecule has 13 nitrogen and oxygen atoms in total. The van der Waals surface area contributed by atoms with Gasteiger partial charge in [-0.15, -0.1) is 11.3 Å². The molecule has 5 N–H and O–H groups in total. The van der Waals surface area contributed by atoms with Gasteiger partial charge in [0.25, 0.3) is 10.0 Å². The van der Waals surface area contributed by atoms with E-state index in [-0.39, 0.29) is 47.6 Å². The van der Waals surface area contributed by atoms with Crippen molar-refractivity contribution in [1.82, 2.24) is 20.3 Å². The van der Waals surface area contributed by atoms with Crippen LogP contribution in [0, 0.1) is 6.92 Å². The number of aliphatic imine (C=N–C) groups is 1. The molecule has 0 saturated carbocycles. The number of rotatable bonds is 14. The number of benzene rings is 3. The Labute approximate surface area is 300 Å². The van der Waals surface area contributed by atoms with Crippen molar-refractivity contribution in [2.45, 2.75) is 56.0 Å². The van der Waals surface area contributed by atoms with E-state index in [9.17, 15) is 27.6 Å². The van der Waals surface area contributed by atoms with Gasteiger partial charge in [0.05, 0.1) is 17.4 Å². The fourth-order valence-corrected chi connectivity index (χ4v) is 7.21. The van der Waals surface area contributed by atoms with E-state index in [1.165, 1.54) is 23.2 Å². The lowest BCUT2D eigenvalue weighted by Gasteiger charge is -2.27. The van der Waals surface area contributed by atoms with Crippen LogP contribution in [-0.2, 0) is 37.2 Å². The predicted octanol–water partition coefficient (Wildman–Crippen LogP) is 2.90. The van der Waals surface area contributed by atoms with Gasteiger partial charge in [-0.25, -0.2) is 18.1 Å². The van der Waals surface area contributed by atoms with Crippen LogP contribution in [0.4, 0.5) is 5.69 Å². The van der Waals surface area contributed by atoms with Crippen LogP contribution in [-0.4, -0.2) is 68.0 Å². The van der Waals surface area contributed by atoms with Crippen LogP contribution in [0.5, 0.6) is 0 Å². The maximum Gasteiger partial charge on any atom is 0.264 e. The number of aromatic nitrogens is 1. The average Bonchev–Trinajstić information content (AvgIpc) is 3.62. The SMILES string of the molecule is Cc1ccc(S(=O)(=O)NC(N)=NCCC[C@@H](NC(=O)CN2C(=O)C(NC(=O)Cc3ccccc3)CCc3ccccc32)C(=O)c2nccs2)cc1. The van der Waals surface area contributed by atoms with Gasteiger partial charge < -0.3 is 21.3 Å². The van der Waals surface area contributed by atoms with Gasteiger partial charge in [-0.3, -0.25) is 24.2 Å². The standard InChI is InChI=1S/C36H39N7O6S2/c1-24-13-16-27(17-14-24)51(48,49)42-36(37)39-19-7-11-28(33(46)34-38-20-21-50-34)40-32(45)23-43-30-12-6-5-10-26(30)15-18-29(35(43)47)41-31(44)22-25-8-3-2-4-9-25/h2-6,8-10,12-14,16-17,20-21,28-29H,7,11,15,18-19,22-23H2,1H3,(H,40,45)(H,41,44)(H3,37,39,42)/t28-,29?/m1/s1. The van der Waals surface area contributed by atoms with Gasteiger partial charge in [-0.1, -0.05) is 66.2 Å². The second-order valence-corrected chi connectivity index (χ2v) is 14.6. The minimum Gasteiger partial charge on any atom is -0.369 e. The first-order chi connectivity index (χ1) is 24.5. The minimum atomic E-state index is -3.94. The zero-order valence-electron chi connectivity index (χ0n) is 27.9. The quantitative estimate of drug-likeness (QED) is 0.0659. The van der Waals surface area contributed by atoms with Crippen LogP contribution < -0.4 is 26.0 Å². The zero-order valence-corrected chi connectivity index (χ0v) is 29.6. The largest absolute Gasteiger partial charge is 0.369 e. The third kappa shape index (κ3) is 10.1. The van der Waals surface area contributed by atoms with Crippen LogP contribution in [0.15, 0.2) is 100 Å². The number of sulfonamides is 1. The van der Waals surface area contributed by atoms with Gasteiger partial charge in [0.15, 0.2) is 5.01 Å². The summed E-state index contributed by atoms with van der Waals surface area (Å²) in [5, 5.41) is 7.47. The summed E-state index contributed by atoms with van der Waals surface area (Å²) in [6.45, 7) is 1.50. The van der Waals surface area contributed by atoms with E-state index >= 15 is 0 Å². The molecule has 3 aromatic carbocycles. The molecule has 1 aromatic heterocycles. The summed E-state index contributed by atoms with van der Waals surface area (Å²) in [4.78, 5) is 63.4. The summed E-state index contributed by atoms with van der Waals surface area (Å²) in [5.41, 5.74) is 8.98. The number of amides is 3. The van der Waals surface area contributed by atoms with Crippen molar-refractivity contribution in [3.63, 3.8) is 0 Å². The minimum absolute atomic E-state index is 0.0365. The maximum atomic E-state index is 13.9. The fourth-order valence-electron chi connectivity index (χ4n) is 5.63. The van der Waals surface area contributed by atoms with Crippen molar-refractivity contribution in [1.29, 1.82) is 0 Å². The van der Waals surface area contributed by atoms with Crippen LogP contribution in [0.25, 0.3) is 0 Å². The molecular weight excluding hydrogens is 691 g/mol. The Bertz CT molecular complexity index is 1990. The van der Waals surface area contributed by atoms with E-state index < -0.39 is 46.2 Å².